The normalized spacial score (nSPS) is 12.4. The number of pyridine rings is 1. The summed E-state index contributed by atoms with van der Waals surface area (Å²) in [6.07, 6.45) is 6.73. The van der Waals surface area contributed by atoms with E-state index >= 15 is 0 Å². The number of allylic oxidation sites excluding steroid dienone is 2. The summed E-state index contributed by atoms with van der Waals surface area (Å²) in [6.45, 7) is 8.53. The Kier molecular flexibility index (Phi) is 5.59. The molecule has 1 aromatic carbocycles. The van der Waals surface area contributed by atoms with Gasteiger partial charge in [0, 0.05) is 22.2 Å². The van der Waals surface area contributed by atoms with Crippen molar-refractivity contribution < 1.29 is 0 Å². The second kappa shape index (κ2) is 7.44. The van der Waals surface area contributed by atoms with E-state index in [4.69, 9.17) is 0 Å². The van der Waals surface area contributed by atoms with Crippen molar-refractivity contribution in [3.63, 3.8) is 0 Å². The van der Waals surface area contributed by atoms with Crippen LogP contribution in [0.15, 0.2) is 40.7 Å². The molecule has 1 N–H and O–H groups in total. The molecule has 2 rings (SSSR count). The van der Waals surface area contributed by atoms with E-state index in [0.29, 0.717) is 5.92 Å². The first-order chi connectivity index (χ1) is 10.5. The minimum atomic E-state index is 0.168. The van der Waals surface area contributed by atoms with E-state index in [1.54, 1.807) is 0 Å². The smallest absolute Gasteiger partial charge is 0.192 e. The minimum absolute atomic E-state index is 0.168. The maximum atomic E-state index is 12.4. The predicted molar refractivity (Wildman–Crippen MR) is 95.5 cm³/mol. The first-order valence-corrected chi connectivity index (χ1v) is 8.23. The fourth-order valence-corrected chi connectivity index (χ4v) is 2.83. The molecule has 1 atom stereocenters. The highest BCUT2D eigenvalue weighted by Gasteiger charge is 2.09. The lowest BCUT2D eigenvalue weighted by Crippen LogP contribution is -2.12. The van der Waals surface area contributed by atoms with Crippen molar-refractivity contribution in [1.82, 2.24) is 4.98 Å². The predicted octanol–water partition coefficient (Wildman–Crippen LogP) is 5.15. The molecule has 0 radical (unpaired) electrons. The van der Waals surface area contributed by atoms with E-state index in [9.17, 15) is 4.79 Å². The van der Waals surface area contributed by atoms with E-state index < -0.39 is 0 Å². The summed E-state index contributed by atoms with van der Waals surface area (Å²) >= 11 is 0. The van der Waals surface area contributed by atoms with Gasteiger partial charge in [0.05, 0.1) is 0 Å². The number of hydrogen-bond donors (Lipinski definition) is 1. The number of hydrogen-bond acceptors (Lipinski definition) is 1. The summed E-state index contributed by atoms with van der Waals surface area (Å²) < 4.78 is 0. The third kappa shape index (κ3) is 4.09. The Bertz CT molecular complexity index is 720. The number of H-pyrrole nitrogens is 1. The van der Waals surface area contributed by atoms with Gasteiger partial charge >= 0.3 is 0 Å². The molecule has 1 heterocycles. The highest BCUT2D eigenvalue weighted by atomic mass is 16.1. The van der Waals surface area contributed by atoms with E-state index in [0.717, 1.165) is 41.4 Å². The third-order valence-corrected chi connectivity index (χ3v) is 4.35. The van der Waals surface area contributed by atoms with Crippen LogP contribution in [0.2, 0.25) is 0 Å². The number of fused-ring (bicyclic) bond motifs is 1. The molecule has 0 saturated carbocycles. The Morgan fingerprint density at radius 3 is 2.68 bits per heavy atom. The Morgan fingerprint density at radius 2 is 1.95 bits per heavy atom. The molecule has 118 valence electrons. The van der Waals surface area contributed by atoms with Gasteiger partial charge in [-0.15, -0.1) is 0 Å². The van der Waals surface area contributed by atoms with Crippen LogP contribution < -0.4 is 5.43 Å². The first-order valence-electron chi connectivity index (χ1n) is 8.23. The zero-order valence-corrected chi connectivity index (χ0v) is 14.2. The van der Waals surface area contributed by atoms with Crippen LogP contribution in [0.1, 0.15) is 51.3 Å². The Morgan fingerprint density at radius 1 is 1.23 bits per heavy atom. The molecule has 0 aliphatic carbocycles. The van der Waals surface area contributed by atoms with Gasteiger partial charge in [-0.25, -0.2) is 0 Å². The second-order valence-corrected chi connectivity index (χ2v) is 6.61. The summed E-state index contributed by atoms with van der Waals surface area (Å²) in [6, 6.07) is 7.77. The summed E-state index contributed by atoms with van der Waals surface area (Å²) in [5.41, 5.74) is 4.47. The average Bonchev–Trinajstić information content (AvgIpc) is 2.49. The van der Waals surface area contributed by atoms with Crippen LogP contribution in [0, 0.1) is 12.8 Å². The lowest BCUT2D eigenvalue weighted by molar-refractivity contribution is 0.493. The molecular formula is C20H27NO. The molecule has 1 unspecified atom stereocenters. The summed E-state index contributed by atoms with van der Waals surface area (Å²) in [5, 5.41) is 0.792. The van der Waals surface area contributed by atoms with Gasteiger partial charge in [-0.3, -0.25) is 4.79 Å². The molecular weight excluding hydrogens is 270 g/mol. The molecule has 0 bridgehead atoms. The van der Waals surface area contributed by atoms with Gasteiger partial charge in [0.1, 0.15) is 0 Å². The van der Waals surface area contributed by atoms with Crippen molar-refractivity contribution in [3.8, 4) is 0 Å². The third-order valence-electron chi connectivity index (χ3n) is 4.35. The summed E-state index contributed by atoms with van der Waals surface area (Å²) in [5.74, 6) is 0.671. The number of aromatic nitrogens is 1. The van der Waals surface area contributed by atoms with Crippen molar-refractivity contribution in [2.75, 3.05) is 0 Å². The van der Waals surface area contributed by atoms with Crippen molar-refractivity contribution in [2.45, 2.75) is 53.4 Å². The molecule has 0 amide bonds. The Labute approximate surface area is 133 Å². The van der Waals surface area contributed by atoms with Crippen molar-refractivity contribution in [1.29, 1.82) is 0 Å². The van der Waals surface area contributed by atoms with Gasteiger partial charge in [0.15, 0.2) is 5.43 Å². The minimum Gasteiger partial charge on any atom is -0.358 e. The summed E-state index contributed by atoms with van der Waals surface area (Å²) in [7, 11) is 0. The molecule has 2 nitrogen and oxygen atoms in total. The van der Waals surface area contributed by atoms with Crippen molar-refractivity contribution >= 4 is 10.9 Å². The molecule has 2 aromatic rings. The van der Waals surface area contributed by atoms with Crippen LogP contribution in [-0.4, -0.2) is 4.98 Å². The molecule has 1 aromatic heterocycles. The fourth-order valence-electron chi connectivity index (χ4n) is 2.83. The highest BCUT2D eigenvalue weighted by Crippen LogP contribution is 2.17. The van der Waals surface area contributed by atoms with Gasteiger partial charge in [0.25, 0.3) is 0 Å². The number of aromatic amines is 1. The molecule has 0 saturated heterocycles. The number of aryl methyl sites for hydroxylation is 1. The maximum absolute atomic E-state index is 12.4. The lowest BCUT2D eigenvalue weighted by atomic mass is 9.96. The van der Waals surface area contributed by atoms with E-state index in [1.807, 2.05) is 31.2 Å². The molecule has 22 heavy (non-hydrogen) atoms. The Hall–Kier alpha value is -1.83. The van der Waals surface area contributed by atoms with Crippen LogP contribution in [0.4, 0.5) is 0 Å². The largest absolute Gasteiger partial charge is 0.358 e. The van der Waals surface area contributed by atoms with Crippen LogP contribution >= 0.6 is 0 Å². The SMILES string of the molecule is CC(C)=CCCC(C)CCc1[nH]c2ccccc2c(=O)c1C. The van der Waals surface area contributed by atoms with Gasteiger partial charge in [0.2, 0.25) is 0 Å². The van der Waals surface area contributed by atoms with E-state index in [1.165, 1.54) is 12.0 Å². The number of rotatable bonds is 6. The first kappa shape index (κ1) is 16.5. The highest BCUT2D eigenvalue weighted by molar-refractivity contribution is 5.79. The summed E-state index contributed by atoms with van der Waals surface area (Å²) in [4.78, 5) is 15.9. The number of para-hydroxylation sites is 1. The van der Waals surface area contributed by atoms with Crippen molar-refractivity contribution in [3.05, 3.63) is 57.4 Å². The molecule has 0 aliphatic rings. The lowest BCUT2D eigenvalue weighted by Gasteiger charge is -2.12. The average molecular weight is 297 g/mol. The number of benzene rings is 1. The van der Waals surface area contributed by atoms with Crippen LogP contribution in [-0.2, 0) is 6.42 Å². The van der Waals surface area contributed by atoms with Gasteiger partial charge < -0.3 is 4.98 Å². The van der Waals surface area contributed by atoms with Crippen LogP contribution in [0.3, 0.4) is 0 Å². The Balaban J connectivity index is 2.07. The van der Waals surface area contributed by atoms with E-state index in [-0.39, 0.29) is 5.43 Å². The van der Waals surface area contributed by atoms with E-state index in [2.05, 4.69) is 31.8 Å². The second-order valence-electron chi connectivity index (χ2n) is 6.61. The fraction of sp³-hybridized carbons (Fsp3) is 0.450. The molecule has 0 fully saturated rings. The van der Waals surface area contributed by atoms with Crippen LogP contribution in [0.25, 0.3) is 10.9 Å². The van der Waals surface area contributed by atoms with Gasteiger partial charge in [-0.05, 0) is 64.5 Å². The molecule has 0 aliphatic heterocycles. The van der Waals surface area contributed by atoms with Gasteiger partial charge in [-0.1, -0.05) is 30.7 Å². The molecule has 2 heteroatoms. The molecule has 0 spiro atoms. The topological polar surface area (TPSA) is 32.9 Å². The van der Waals surface area contributed by atoms with Crippen molar-refractivity contribution in [2.24, 2.45) is 5.92 Å². The standard InChI is InChI=1S/C20H27NO/c1-14(2)8-7-9-15(3)12-13-18-16(4)20(22)17-10-5-6-11-19(17)21-18/h5-6,8,10-11,15H,7,9,12-13H2,1-4H3,(H,21,22). The van der Waals surface area contributed by atoms with Gasteiger partial charge in [-0.2, -0.15) is 0 Å². The van der Waals surface area contributed by atoms with Crippen LogP contribution in [0.5, 0.6) is 0 Å². The zero-order valence-electron chi connectivity index (χ0n) is 14.2. The number of nitrogens with one attached hydrogen (secondary N) is 1. The quantitative estimate of drug-likeness (QED) is 0.735. The maximum Gasteiger partial charge on any atom is 0.192 e. The monoisotopic (exact) mass is 297 g/mol. The zero-order chi connectivity index (χ0) is 16.1.